The highest BCUT2D eigenvalue weighted by Crippen LogP contribution is 2.25. The average molecular weight is 460 g/mol. The van der Waals surface area contributed by atoms with Gasteiger partial charge in [0.25, 0.3) is 5.88 Å². The minimum atomic E-state index is -0.331. The number of likely N-dealkylation sites (tertiary alicyclic amines) is 1. The first kappa shape index (κ1) is 23.3. The van der Waals surface area contributed by atoms with Gasteiger partial charge in [-0.25, -0.2) is 9.98 Å². The number of aliphatic imine (C=N–C) groups is 1. The van der Waals surface area contributed by atoms with Gasteiger partial charge in [-0.2, -0.15) is 0 Å². The van der Waals surface area contributed by atoms with E-state index in [9.17, 15) is 9.90 Å². The Kier molecular flexibility index (Phi) is 7.08. The lowest BCUT2D eigenvalue weighted by Crippen LogP contribution is -2.39. The van der Waals surface area contributed by atoms with E-state index >= 15 is 0 Å². The Labute approximate surface area is 198 Å². The smallest absolute Gasteiger partial charge is 0.260 e. The molecule has 0 aliphatic carbocycles. The number of benzene rings is 2. The first-order chi connectivity index (χ1) is 16.5. The first-order valence-corrected chi connectivity index (χ1v) is 11.3. The average Bonchev–Trinajstić information content (AvgIpc) is 3.30. The minimum Gasteiger partial charge on any atom is -0.436 e. The number of nitrogens with two attached hydrogens (primary N) is 1. The van der Waals surface area contributed by atoms with Crippen LogP contribution in [0.5, 0.6) is 5.75 Å². The highest BCUT2D eigenvalue weighted by Gasteiger charge is 2.25. The fraction of sp³-hybridized carbons (Fsp3) is 0.269. The molecule has 1 atom stereocenters. The van der Waals surface area contributed by atoms with Gasteiger partial charge in [-0.15, -0.1) is 0 Å². The monoisotopic (exact) mass is 459 g/mol. The van der Waals surface area contributed by atoms with E-state index in [1.807, 2.05) is 36.1 Å². The maximum atomic E-state index is 12.9. The molecule has 8 heteroatoms. The van der Waals surface area contributed by atoms with Crippen LogP contribution in [0.3, 0.4) is 0 Å². The molecular formula is C26H29N5O3. The van der Waals surface area contributed by atoms with Crippen molar-refractivity contribution >= 4 is 23.0 Å². The van der Waals surface area contributed by atoms with Crippen molar-refractivity contribution < 1.29 is 14.6 Å². The van der Waals surface area contributed by atoms with Crippen molar-refractivity contribution in [3.8, 4) is 5.75 Å². The van der Waals surface area contributed by atoms with Crippen LogP contribution in [0.15, 0.2) is 77.9 Å². The van der Waals surface area contributed by atoms with Crippen LogP contribution >= 0.6 is 0 Å². The number of piperidine rings is 1. The lowest BCUT2D eigenvalue weighted by Gasteiger charge is -2.34. The van der Waals surface area contributed by atoms with Crippen molar-refractivity contribution in [1.29, 1.82) is 0 Å². The molecule has 176 valence electrons. The van der Waals surface area contributed by atoms with Gasteiger partial charge in [0.15, 0.2) is 11.6 Å². The van der Waals surface area contributed by atoms with Crippen LogP contribution in [-0.4, -0.2) is 51.2 Å². The summed E-state index contributed by atoms with van der Waals surface area (Å²) in [6.07, 6.45) is 4.42. The number of fused-ring (bicyclic) bond motifs is 1. The van der Waals surface area contributed by atoms with E-state index in [0.717, 1.165) is 23.9 Å². The largest absolute Gasteiger partial charge is 0.436 e. The summed E-state index contributed by atoms with van der Waals surface area (Å²) in [7, 11) is 0. The van der Waals surface area contributed by atoms with Crippen molar-refractivity contribution in [3.63, 3.8) is 0 Å². The third-order valence-corrected chi connectivity index (χ3v) is 6.01. The van der Waals surface area contributed by atoms with Crippen LogP contribution in [0.1, 0.15) is 35.9 Å². The molecule has 2 aromatic carbocycles. The number of H-pyrrole nitrogens is 1. The molecule has 1 fully saturated rings. The van der Waals surface area contributed by atoms with Gasteiger partial charge >= 0.3 is 0 Å². The van der Waals surface area contributed by atoms with Crippen molar-refractivity contribution in [2.45, 2.75) is 25.9 Å². The van der Waals surface area contributed by atoms with Gasteiger partial charge in [-0.1, -0.05) is 24.8 Å². The number of aromatic amines is 1. The zero-order chi connectivity index (χ0) is 24.1. The topological polar surface area (TPSA) is 117 Å². The zero-order valence-electron chi connectivity index (χ0n) is 19.1. The van der Waals surface area contributed by atoms with E-state index in [1.54, 1.807) is 30.3 Å². The first-order valence-electron chi connectivity index (χ1n) is 11.3. The highest BCUT2D eigenvalue weighted by atomic mass is 16.5. The Morgan fingerprint density at radius 2 is 1.97 bits per heavy atom. The third-order valence-electron chi connectivity index (χ3n) is 6.01. The quantitative estimate of drug-likeness (QED) is 0.269. The lowest BCUT2D eigenvalue weighted by atomic mass is 9.92. The number of aromatic nitrogens is 2. The van der Waals surface area contributed by atoms with Crippen molar-refractivity contribution in [1.82, 2.24) is 14.9 Å². The Bertz CT molecular complexity index is 1190. The molecule has 1 saturated heterocycles. The van der Waals surface area contributed by atoms with Gasteiger partial charge < -0.3 is 25.5 Å². The van der Waals surface area contributed by atoms with Crippen molar-refractivity contribution in [2.24, 2.45) is 16.6 Å². The molecule has 3 aromatic rings. The van der Waals surface area contributed by atoms with E-state index in [1.165, 1.54) is 6.21 Å². The highest BCUT2D eigenvalue weighted by molar-refractivity contribution is 6.08. The summed E-state index contributed by atoms with van der Waals surface area (Å²) in [5, 5.41) is 9.84. The minimum absolute atomic E-state index is 0.205. The molecule has 4 N–H and O–H groups in total. The second kappa shape index (κ2) is 10.4. The number of ether oxygens (including phenoxy) is 1. The number of rotatable bonds is 8. The molecule has 0 saturated carbocycles. The third kappa shape index (κ3) is 5.18. The van der Waals surface area contributed by atoms with Gasteiger partial charge in [0.1, 0.15) is 5.75 Å². The number of allylic oxidation sites excluding steroid dienone is 1. The van der Waals surface area contributed by atoms with E-state index in [-0.39, 0.29) is 29.5 Å². The van der Waals surface area contributed by atoms with Gasteiger partial charge in [0, 0.05) is 24.9 Å². The number of aliphatic hydroxyl groups excluding tert-OH is 1. The van der Waals surface area contributed by atoms with Crippen LogP contribution in [0, 0.1) is 5.92 Å². The van der Waals surface area contributed by atoms with Crippen molar-refractivity contribution in [3.05, 3.63) is 84.3 Å². The number of nitrogens with one attached hydrogen (secondary N) is 1. The van der Waals surface area contributed by atoms with E-state index in [2.05, 4.69) is 21.5 Å². The summed E-state index contributed by atoms with van der Waals surface area (Å²) in [5.74, 6) is 1.53. The second-order valence-corrected chi connectivity index (χ2v) is 8.33. The Hall–Kier alpha value is -3.91. The van der Waals surface area contributed by atoms with Crippen molar-refractivity contribution in [2.75, 3.05) is 13.1 Å². The standard InChI is InChI=1S/C26H29N5O3/c1-3-14-28-26(24(27)31-15-12-18(13-16-31)17(2)32)34-20-10-8-19(9-11-20)23(33)25-29-21-6-4-5-7-22(21)30-25/h3-11,14,17-18,32H,1,12-13,15-16,27H2,2H3,(H,29,30)/b26-24-,28-14-/t17-/m0/s1. The molecular weight excluding hydrogens is 430 g/mol. The van der Waals surface area contributed by atoms with Gasteiger partial charge in [-0.05, 0) is 62.1 Å². The molecule has 0 bridgehead atoms. The molecule has 0 unspecified atom stereocenters. The van der Waals surface area contributed by atoms with Crippen LogP contribution in [0.2, 0.25) is 0 Å². The molecule has 0 radical (unpaired) electrons. The maximum Gasteiger partial charge on any atom is 0.260 e. The number of ketones is 1. The lowest BCUT2D eigenvalue weighted by molar-refractivity contribution is 0.0799. The summed E-state index contributed by atoms with van der Waals surface area (Å²) < 4.78 is 5.98. The molecule has 2 heterocycles. The van der Waals surface area contributed by atoms with Crippen LogP contribution in [-0.2, 0) is 0 Å². The SMILES string of the molecule is C=C/C=N\C(Oc1ccc(C(=O)c2nc3ccccc3[nH]2)cc1)=C(/N)N1CCC([C@H](C)O)CC1. The van der Waals surface area contributed by atoms with E-state index < -0.39 is 0 Å². The zero-order valence-corrected chi connectivity index (χ0v) is 19.1. The Morgan fingerprint density at radius 3 is 2.62 bits per heavy atom. The summed E-state index contributed by atoms with van der Waals surface area (Å²) in [4.78, 5) is 26.6. The predicted molar refractivity (Wildman–Crippen MR) is 132 cm³/mol. The van der Waals surface area contributed by atoms with Gasteiger partial charge in [-0.3, -0.25) is 4.79 Å². The fourth-order valence-corrected chi connectivity index (χ4v) is 4.01. The van der Waals surface area contributed by atoms with E-state index in [0.29, 0.717) is 30.2 Å². The molecule has 34 heavy (non-hydrogen) atoms. The molecule has 1 aliphatic heterocycles. The summed E-state index contributed by atoms with van der Waals surface area (Å²) in [6.45, 7) is 6.91. The molecule has 1 aromatic heterocycles. The molecule has 0 amide bonds. The van der Waals surface area contributed by atoms with Gasteiger partial charge in [0.05, 0.1) is 17.1 Å². The Morgan fingerprint density at radius 1 is 1.26 bits per heavy atom. The maximum absolute atomic E-state index is 12.9. The number of nitrogens with zero attached hydrogens (tertiary/aromatic N) is 3. The number of aliphatic hydroxyl groups is 1. The molecule has 1 aliphatic rings. The van der Waals surface area contributed by atoms with Crippen LogP contribution in [0.4, 0.5) is 0 Å². The number of carbonyl (C=O) groups excluding carboxylic acids is 1. The number of hydrogen-bond donors (Lipinski definition) is 3. The van der Waals surface area contributed by atoms with Crippen LogP contribution < -0.4 is 10.5 Å². The van der Waals surface area contributed by atoms with E-state index in [4.69, 9.17) is 10.5 Å². The summed E-state index contributed by atoms with van der Waals surface area (Å²) >= 11 is 0. The number of imidazole rings is 1. The number of carbonyl (C=O) groups is 1. The number of para-hydroxylation sites is 2. The normalized spacial score (nSPS) is 16.5. The summed E-state index contributed by atoms with van der Waals surface area (Å²) in [5.41, 5.74) is 8.44. The van der Waals surface area contributed by atoms with Gasteiger partial charge in [0.2, 0.25) is 5.78 Å². The molecule has 0 spiro atoms. The number of hydrogen-bond acceptors (Lipinski definition) is 7. The second-order valence-electron chi connectivity index (χ2n) is 8.33. The van der Waals surface area contributed by atoms with Crippen LogP contribution in [0.25, 0.3) is 11.0 Å². The predicted octanol–water partition coefficient (Wildman–Crippen LogP) is 3.61. The fourth-order valence-electron chi connectivity index (χ4n) is 4.01. The summed E-state index contributed by atoms with van der Waals surface area (Å²) in [6, 6.07) is 14.3. The molecule has 8 nitrogen and oxygen atoms in total. The molecule has 4 rings (SSSR count). The Balaban J connectivity index is 1.50.